The van der Waals surface area contributed by atoms with Gasteiger partial charge in [0.05, 0.1) is 12.5 Å². The van der Waals surface area contributed by atoms with Gasteiger partial charge in [0.15, 0.2) is 6.61 Å². The van der Waals surface area contributed by atoms with E-state index in [0.717, 1.165) is 6.54 Å². The number of carbonyl (C=O) groups excluding carboxylic acids is 1. The predicted octanol–water partition coefficient (Wildman–Crippen LogP) is 1.77. The zero-order chi connectivity index (χ0) is 14.8. The molecule has 0 fully saturated rings. The first kappa shape index (κ1) is 16.0. The lowest BCUT2D eigenvalue weighted by atomic mass is 10.1. The Morgan fingerprint density at radius 3 is 2.70 bits per heavy atom. The van der Waals surface area contributed by atoms with Crippen LogP contribution in [0.1, 0.15) is 31.9 Å². The molecule has 1 aromatic carbocycles. The van der Waals surface area contributed by atoms with Crippen LogP contribution in [0.2, 0.25) is 0 Å². The first-order valence-corrected chi connectivity index (χ1v) is 6.77. The van der Waals surface area contributed by atoms with Gasteiger partial charge >= 0.3 is 0 Å². The van der Waals surface area contributed by atoms with E-state index in [1.807, 2.05) is 30.3 Å². The molecular weight excluding hydrogens is 254 g/mol. The summed E-state index contributed by atoms with van der Waals surface area (Å²) in [5, 5.41) is 14.3. The highest BCUT2D eigenvalue weighted by Gasteiger charge is 2.05. The van der Waals surface area contributed by atoms with Crippen molar-refractivity contribution in [2.75, 3.05) is 19.7 Å². The summed E-state index contributed by atoms with van der Waals surface area (Å²) in [5.41, 5.74) is 1.18. The van der Waals surface area contributed by atoms with Crippen molar-refractivity contribution in [3.05, 3.63) is 29.8 Å². The van der Waals surface area contributed by atoms with E-state index in [1.54, 1.807) is 0 Å². The second kappa shape index (κ2) is 8.94. The Kier molecular flexibility index (Phi) is 7.15. The summed E-state index contributed by atoms with van der Waals surface area (Å²) in [6.45, 7) is 5.41. The van der Waals surface area contributed by atoms with Gasteiger partial charge in [-0.3, -0.25) is 4.79 Å². The third-order valence-electron chi connectivity index (χ3n) is 2.82. The summed E-state index contributed by atoms with van der Waals surface area (Å²) in [6, 6.07) is 9.93. The number of benzene rings is 1. The highest BCUT2D eigenvalue weighted by molar-refractivity contribution is 5.77. The fraction of sp³-hybridized carbons (Fsp3) is 0.467. The molecule has 2 N–H and O–H groups in total. The van der Waals surface area contributed by atoms with Crippen LogP contribution >= 0.6 is 0 Å². The Labute approximate surface area is 119 Å². The average Bonchev–Trinajstić information content (AvgIpc) is 2.46. The molecule has 0 bridgehead atoms. The van der Waals surface area contributed by atoms with Crippen LogP contribution in [0.3, 0.4) is 0 Å². The molecule has 20 heavy (non-hydrogen) atoms. The Balaban J connectivity index is 2.38. The number of carbonyl (C=O) groups is 1. The van der Waals surface area contributed by atoms with Crippen LogP contribution in [0, 0.1) is 11.3 Å². The van der Waals surface area contributed by atoms with Gasteiger partial charge in [-0.25, -0.2) is 0 Å². The fourth-order valence-electron chi connectivity index (χ4n) is 1.73. The molecule has 0 aliphatic heterocycles. The minimum absolute atomic E-state index is 0.0342. The second-order valence-corrected chi connectivity index (χ2v) is 4.40. The Hall–Kier alpha value is -2.06. The summed E-state index contributed by atoms with van der Waals surface area (Å²) in [7, 11) is 0. The van der Waals surface area contributed by atoms with Crippen molar-refractivity contribution in [3.63, 3.8) is 0 Å². The van der Waals surface area contributed by atoms with Crippen LogP contribution in [0.25, 0.3) is 0 Å². The van der Waals surface area contributed by atoms with E-state index in [-0.39, 0.29) is 12.5 Å². The van der Waals surface area contributed by atoms with Crippen LogP contribution in [-0.4, -0.2) is 25.6 Å². The molecule has 1 atom stereocenters. The maximum Gasteiger partial charge on any atom is 0.257 e. The van der Waals surface area contributed by atoms with Gasteiger partial charge in [-0.1, -0.05) is 19.1 Å². The van der Waals surface area contributed by atoms with Gasteiger partial charge < -0.3 is 15.4 Å². The van der Waals surface area contributed by atoms with Crippen molar-refractivity contribution in [2.45, 2.75) is 26.3 Å². The van der Waals surface area contributed by atoms with E-state index in [4.69, 9.17) is 10.00 Å². The molecule has 0 spiro atoms. The SMILES string of the molecule is CCNC(C)c1ccc(OCC(=O)NCCC#N)cc1. The summed E-state index contributed by atoms with van der Waals surface area (Å²) in [6.07, 6.45) is 0.308. The van der Waals surface area contributed by atoms with E-state index in [0.29, 0.717) is 24.8 Å². The smallest absolute Gasteiger partial charge is 0.257 e. The standard InChI is InChI=1S/C15H21N3O2/c1-3-17-12(2)13-5-7-14(8-6-13)20-11-15(19)18-10-4-9-16/h5-8,12,17H,3-4,10-11H2,1-2H3,(H,18,19). The summed E-state index contributed by atoms with van der Waals surface area (Å²) < 4.78 is 5.38. The van der Waals surface area contributed by atoms with E-state index in [2.05, 4.69) is 24.5 Å². The number of rotatable bonds is 8. The predicted molar refractivity (Wildman–Crippen MR) is 77.3 cm³/mol. The number of nitriles is 1. The van der Waals surface area contributed by atoms with Crippen LogP contribution < -0.4 is 15.4 Å². The highest BCUT2D eigenvalue weighted by Crippen LogP contribution is 2.17. The summed E-state index contributed by atoms with van der Waals surface area (Å²) in [4.78, 5) is 11.4. The van der Waals surface area contributed by atoms with Gasteiger partial charge in [0.2, 0.25) is 0 Å². The lowest BCUT2D eigenvalue weighted by Gasteiger charge is -2.13. The molecule has 1 unspecified atom stereocenters. The average molecular weight is 275 g/mol. The zero-order valence-corrected chi connectivity index (χ0v) is 12.0. The molecule has 0 heterocycles. The normalized spacial score (nSPS) is 11.4. The van der Waals surface area contributed by atoms with Gasteiger partial charge in [-0.15, -0.1) is 0 Å². The number of ether oxygens (including phenoxy) is 1. The minimum Gasteiger partial charge on any atom is -0.484 e. The summed E-state index contributed by atoms with van der Waals surface area (Å²) >= 11 is 0. The van der Waals surface area contributed by atoms with Gasteiger partial charge in [0, 0.05) is 12.6 Å². The largest absolute Gasteiger partial charge is 0.484 e. The molecule has 0 radical (unpaired) electrons. The molecule has 5 nitrogen and oxygen atoms in total. The highest BCUT2D eigenvalue weighted by atomic mass is 16.5. The molecule has 108 valence electrons. The molecule has 1 aromatic rings. The topological polar surface area (TPSA) is 74.2 Å². The van der Waals surface area contributed by atoms with E-state index >= 15 is 0 Å². The van der Waals surface area contributed by atoms with E-state index in [1.165, 1.54) is 5.56 Å². The fourth-order valence-corrected chi connectivity index (χ4v) is 1.73. The van der Waals surface area contributed by atoms with Crippen molar-refractivity contribution >= 4 is 5.91 Å². The maximum atomic E-state index is 11.4. The molecule has 0 aliphatic rings. The van der Waals surface area contributed by atoms with Crippen LogP contribution in [-0.2, 0) is 4.79 Å². The van der Waals surface area contributed by atoms with Crippen molar-refractivity contribution in [1.29, 1.82) is 5.26 Å². The quantitative estimate of drug-likeness (QED) is 0.709. The second-order valence-electron chi connectivity index (χ2n) is 4.40. The van der Waals surface area contributed by atoms with Gasteiger partial charge in [-0.05, 0) is 31.2 Å². The Morgan fingerprint density at radius 1 is 1.40 bits per heavy atom. The van der Waals surface area contributed by atoms with Crippen molar-refractivity contribution < 1.29 is 9.53 Å². The molecule has 0 saturated carbocycles. The maximum absolute atomic E-state index is 11.4. The Morgan fingerprint density at radius 2 is 2.10 bits per heavy atom. The minimum atomic E-state index is -0.217. The van der Waals surface area contributed by atoms with E-state index < -0.39 is 0 Å². The lowest BCUT2D eigenvalue weighted by Crippen LogP contribution is -2.29. The molecule has 1 amide bonds. The van der Waals surface area contributed by atoms with Crippen LogP contribution in [0.15, 0.2) is 24.3 Å². The van der Waals surface area contributed by atoms with Gasteiger partial charge in [0.25, 0.3) is 5.91 Å². The molecular formula is C15H21N3O2. The van der Waals surface area contributed by atoms with Gasteiger partial charge in [0.1, 0.15) is 5.75 Å². The first-order chi connectivity index (χ1) is 9.67. The first-order valence-electron chi connectivity index (χ1n) is 6.77. The molecule has 0 aliphatic carbocycles. The Bertz CT molecular complexity index is 451. The number of nitrogens with one attached hydrogen (secondary N) is 2. The number of hydrogen-bond donors (Lipinski definition) is 2. The molecule has 5 heteroatoms. The van der Waals surface area contributed by atoms with E-state index in [9.17, 15) is 4.79 Å². The number of amides is 1. The van der Waals surface area contributed by atoms with Crippen LogP contribution in [0.4, 0.5) is 0 Å². The number of hydrogen-bond acceptors (Lipinski definition) is 4. The molecule has 0 saturated heterocycles. The summed E-state index contributed by atoms with van der Waals surface area (Å²) in [5.74, 6) is 0.443. The molecule has 0 aromatic heterocycles. The van der Waals surface area contributed by atoms with Crippen molar-refractivity contribution in [3.8, 4) is 11.8 Å². The van der Waals surface area contributed by atoms with Crippen LogP contribution in [0.5, 0.6) is 5.75 Å². The molecule has 1 rings (SSSR count). The van der Waals surface area contributed by atoms with Crippen molar-refractivity contribution in [2.24, 2.45) is 0 Å². The zero-order valence-electron chi connectivity index (χ0n) is 12.0. The third kappa shape index (κ3) is 5.72. The monoisotopic (exact) mass is 275 g/mol. The van der Waals surface area contributed by atoms with Crippen molar-refractivity contribution in [1.82, 2.24) is 10.6 Å². The number of nitrogens with zero attached hydrogens (tertiary/aromatic N) is 1. The third-order valence-corrected chi connectivity index (χ3v) is 2.82. The lowest BCUT2D eigenvalue weighted by molar-refractivity contribution is -0.123. The van der Waals surface area contributed by atoms with Gasteiger partial charge in [-0.2, -0.15) is 5.26 Å².